The predicted octanol–water partition coefficient (Wildman–Crippen LogP) is 5.17. The minimum Gasteiger partial charge on any atom is -0.492 e. The summed E-state index contributed by atoms with van der Waals surface area (Å²) in [6, 6.07) is 5.68. The zero-order valence-electron chi connectivity index (χ0n) is 18.3. The lowest BCUT2D eigenvalue weighted by molar-refractivity contribution is -0.137. The summed E-state index contributed by atoms with van der Waals surface area (Å²) in [5.74, 6) is 1.37. The molecule has 0 amide bonds. The van der Waals surface area contributed by atoms with Crippen LogP contribution in [0.3, 0.4) is 0 Å². The van der Waals surface area contributed by atoms with Crippen LogP contribution in [0.25, 0.3) is 11.0 Å². The maximum atomic E-state index is 10.9. The van der Waals surface area contributed by atoms with E-state index in [9.17, 15) is 4.79 Å². The lowest BCUT2D eigenvalue weighted by Gasteiger charge is -2.18. The second-order valence-electron chi connectivity index (χ2n) is 7.47. The first-order valence-corrected chi connectivity index (χ1v) is 10.8. The van der Waals surface area contributed by atoms with E-state index in [1.807, 2.05) is 39.8 Å². The number of halogens is 1. The third-order valence-electron chi connectivity index (χ3n) is 5.16. The highest BCUT2D eigenvalue weighted by atomic mass is 35.5. The molecule has 31 heavy (non-hydrogen) atoms. The van der Waals surface area contributed by atoms with E-state index >= 15 is 0 Å². The quantitative estimate of drug-likeness (QED) is 0.463. The Balaban J connectivity index is 1.92. The molecule has 0 aliphatic heterocycles. The van der Waals surface area contributed by atoms with Crippen LogP contribution >= 0.6 is 11.6 Å². The zero-order chi connectivity index (χ0) is 22.5. The van der Waals surface area contributed by atoms with Crippen LogP contribution in [0.1, 0.15) is 50.2 Å². The van der Waals surface area contributed by atoms with E-state index in [-0.39, 0.29) is 12.5 Å². The van der Waals surface area contributed by atoms with Crippen molar-refractivity contribution in [3.63, 3.8) is 0 Å². The summed E-state index contributed by atoms with van der Waals surface area (Å²) in [6.07, 6.45) is 2.79. The third-order valence-corrected chi connectivity index (χ3v) is 5.49. The molecule has 1 N–H and O–H groups in total. The fourth-order valence-corrected chi connectivity index (χ4v) is 3.74. The van der Waals surface area contributed by atoms with Gasteiger partial charge in [0.15, 0.2) is 0 Å². The Morgan fingerprint density at radius 2 is 2.00 bits per heavy atom. The molecule has 1 unspecified atom stereocenters. The maximum Gasteiger partial charge on any atom is 0.303 e. The molecular weight excluding hydrogens is 418 g/mol. The Kier molecular flexibility index (Phi) is 7.38. The fraction of sp³-hybridized carbons (Fsp3) is 0.435. The van der Waals surface area contributed by atoms with Gasteiger partial charge in [0.25, 0.3) is 0 Å². The number of benzene rings is 1. The molecule has 1 atom stereocenters. The lowest BCUT2D eigenvalue weighted by Crippen LogP contribution is -2.17. The Labute approximate surface area is 187 Å². The number of rotatable bonds is 10. The van der Waals surface area contributed by atoms with Crippen LogP contribution in [0, 0.1) is 13.8 Å². The number of ether oxygens (including phenoxy) is 2. The molecule has 0 spiro atoms. The van der Waals surface area contributed by atoms with Gasteiger partial charge in [0, 0.05) is 18.6 Å². The molecule has 1 aromatic carbocycles. The van der Waals surface area contributed by atoms with E-state index in [2.05, 4.69) is 9.55 Å². The second kappa shape index (κ2) is 10.0. The number of aryl methyl sites for hydroxylation is 2. The maximum absolute atomic E-state index is 10.9. The molecule has 0 aliphatic carbocycles. The molecule has 3 rings (SSSR count). The van der Waals surface area contributed by atoms with Crippen molar-refractivity contribution in [1.82, 2.24) is 14.5 Å². The van der Waals surface area contributed by atoms with Crippen LogP contribution in [0.15, 0.2) is 24.4 Å². The van der Waals surface area contributed by atoms with Crippen molar-refractivity contribution in [2.45, 2.75) is 59.6 Å². The number of aliphatic carboxylic acids is 1. The van der Waals surface area contributed by atoms with Crippen molar-refractivity contribution in [1.29, 1.82) is 0 Å². The average Bonchev–Trinajstić information content (AvgIpc) is 3.03. The minimum atomic E-state index is -0.817. The van der Waals surface area contributed by atoms with E-state index < -0.39 is 5.97 Å². The molecule has 0 saturated carbocycles. The van der Waals surface area contributed by atoms with Crippen LogP contribution in [0.2, 0.25) is 5.02 Å². The molecule has 0 radical (unpaired) electrons. The molecular formula is C23H28ClN3O4. The molecule has 8 heteroatoms. The van der Waals surface area contributed by atoms with Gasteiger partial charge in [-0.1, -0.05) is 18.5 Å². The number of hydrogen-bond acceptors (Lipinski definition) is 5. The van der Waals surface area contributed by atoms with Gasteiger partial charge in [-0.2, -0.15) is 0 Å². The van der Waals surface area contributed by atoms with E-state index in [0.29, 0.717) is 36.1 Å². The molecule has 3 aromatic rings. The van der Waals surface area contributed by atoms with Crippen molar-refractivity contribution in [3.8, 4) is 11.5 Å². The molecule has 0 saturated heterocycles. The number of imidazole rings is 1. The van der Waals surface area contributed by atoms with Gasteiger partial charge in [0.1, 0.15) is 17.3 Å². The second-order valence-corrected chi connectivity index (χ2v) is 7.87. The smallest absolute Gasteiger partial charge is 0.303 e. The first kappa shape index (κ1) is 22.9. The minimum absolute atomic E-state index is 0.0820. The molecule has 7 nitrogen and oxygen atoms in total. The van der Waals surface area contributed by atoms with Gasteiger partial charge >= 0.3 is 5.97 Å². The highest BCUT2D eigenvalue weighted by molar-refractivity contribution is 6.31. The van der Waals surface area contributed by atoms with E-state index in [1.54, 1.807) is 12.3 Å². The van der Waals surface area contributed by atoms with Crippen LogP contribution in [-0.2, 0) is 11.3 Å². The van der Waals surface area contributed by atoms with E-state index in [4.69, 9.17) is 31.2 Å². The first-order valence-electron chi connectivity index (χ1n) is 10.5. The number of carboxylic acids is 1. The number of carboxylic acid groups (broad SMARTS) is 1. The predicted molar refractivity (Wildman–Crippen MR) is 120 cm³/mol. The van der Waals surface area contributed by atoms with Crippen LogP contribution in [-0.4, -0.2) is 38.3 Å². The normalized spacial score (nSPS) is 12.2. The molecule has 0 fully saturated rings. The van der Waals surface area contributed by atoms with Gasteiger partial charge in [-0.15, -0.1) is 0 Å². The number of nitrogens with zero attached hydrogens (tertiary/aromatic N) is 3. The number of fused-ring (bicyclic) bond motifs is 1. The molecule has 166 valence electrons. The third kappa shape index (κ3) is 5.47. The Hall–Kier alpha value is -2.80. The van der Waals surface area contributed by atoms with Gasteiger partial charge < -0.3 is 19.1 Å². The van der Waals surface area contributed by atoms with Gasteiger partial charge in [-0.05, 0) is 45.2 Å². The van der Waals surface area contributed by atoms with Gasteiger partial charge in [-0.25, -0.2) is 4.98 Å². The highest BCUT2D eigenvalue weighted by Crippen LogP contribution is 2.29. The van der Waals surface area contributed by atoms with Gasteiger partial charge in [0.2, 0.25) is 0 Å². The Morgan fingerprint density at radius 1 is 1.23 bits per heavy atom. The molecule has 2 heterocycles. The largest absolute Gasteiger partial charge is 0.492 e. The Morgan fingerprint density at radius 3 is 2.65 bits per heavy atom. The molecule has 0 bridgehead atoms. The van der Waals surface area contributed by atoms with Crippen molar-refractivity contribution in [3.05, 3.63) is 46.5 Å². The standard InChI is InChI=1S/C23H28ClN3O4/c1-5-16(7-8-22(28)29)31-17-9-14(3)23-21(11-17)27(15(4)26-23)13-20-19(24)10-18(12-25-20)30-6-2/h9-12,16H,5-8,13H2,1-4H3,(H,28,29). The lowest BCUT2D eigenvalue weighted by atomic mass is 10.1. The van der Waals surface area contributed by atoms with Gasteiger partial charge in [-0.3, -0.25) is 9.78 Å². The van der Waals surface area contributed by atoms with E-state index in [0.717, 1.165) is 34.5 Å². The zero-order valence-corrected chi connectivity index (χ0v) is 19.1. The monoisotopic (exact) mass is 445 g/mol. The Bertz CT molecular complexity index is 1080. The van der Waals surface area contributed by atoms with Crippen LogP contribution < -0.4 is 9.47 Å². The van der Waals surface area contributed by atoms with Gasteiger partial charge in [0.05, 0.1) is 47.2 Å². The summed E-state index contributed by atoms with van der Waals surface area (Å²) < 4.78 is 13.6. The summed E-state index contributed by atoms with van der Waals surface area (Å²) in [5, 5.41) is 9.50. The summed E-state index contributed by atoms with van der Waals surface area (Å²) in [4.78, 5) is 20.1. The summed E-state index contributed by atoms with van der Waals surface area (Å²) in [5.41, 5.74) is 3.54. The molecule has 2 aromatic heterocycles. The fourth-order valence-electron chi connectivity index (χ4n) is 3.53. The summed E-state index contributed by atoms with van der Waals surface area (Å²) >= 11 is 6.45. The topological polar surface area (TPSA) is 86.5 Å². The first-order chi connectivity index (χ1) is 14.8. The SMILES string of the molecule is CCOc1cnc(Cn2c(C)nc3c(C)cc(OC(CC)CCC(=O)O)cc32)c(Cl)c1. The van der Waals surface area contributed by atoms with Crippen LogP contribution in [0.4, 0.5) is 0 Å². The van der Waals surface area contributed by atoms with E-state index in [1.165, 1.54) is 0 Å². The number of pyridine rings is 1. The highest BCUT2D eigenvalue weighted by Gasteiger charge is 2.16. The average molecular weight is 446 g/mol. The van der Waals surface area contributed by atoms with Crippen molar-refractivity contribution in [2.24, 2.45) is 0 Å². The van der Waals surface area contributed by atoms with Crippen molar-refractivity contribution in [2.75, 3.05) is 6.61 Å². The number of aromatic nitrogens is 3. The number of hydrogen-bond donors (Lipinski definition) is 1. The summed E-state index contributed by atoms with van der Waals surface area (Å²) in [7, 11) is 0. The molecule has 0 aliphatic rings. The number of carbonyl (C=O) groups is 1. The van der Waals surface area contributed by atoms with Crippen molar-refractivity contribution < 1.29 is 19.4 Å². The van der Waals surface area contributed by atoms with Crippen molar-refractivity contribution >= 4 is 28.6 Å². The summed E-state index contributed by atoms with van der Waals surface area (Å²) in [6.45, 7) is 8.86. The van der Waals surface area contributed by atoms with Crippen LogP contribution in [0.5, 0.6) is 11.5 Å².